The third kappa shape index (κ3) is 4.48. The van der Waals surface area contributed by atoms with Crippen molar-refractivity contribution in [2.75, 3.05) is 23.9 Å². The van der Waals surface area contributed by atoms with Crippen LogP contribution in [0.5, 0.6) is 0 Å². The van der Waals surface area contributed by atoms with Gasteiger partial charge in [0.1, 0.15) is 0 Å². The van der Waals surface area contributed by atoms with E-state index in [0.717, 1.165) is 30.8 Å². The monoisotopic (exact) mass is 332 g/mol. The Bertz CT molecular complexity index is 663. The van der Waals surface area contributed by atoms with Crippen molar-refractivity contribution in [3.05, 3.63) is 36.0 Å². The molecule has 1 aliphatic heterocycles. The van der Waals surface area contributed by atoms with E-state index in [0.29, 0.717) is 0 Å². The number of aromatic nitrogens is 2. The Labute approximate surface area is 139 Å². The minimum atomic E-state index is -0.225. The van der Waals surface area contributed by atoms with Gasteiger partial charge in [-0.1, -0.05) is 17.7 Å². The van der Waals surface area contributed by atoms with E-state index in [2.05, 4.69) is 15.3 Å². The first-order chi connectivity index (χ1) is 11.2. The minimum Gasteiger partial charge on any atom is -0.861 e. The van der Waals surface area contributed by atoms with Crippen LogP contribution in [0.1, 0.15) is 24.8 Å². The highest BCUT2D eigenvalue weighted by atomic mass is 32.2. The Hall–Kier alpha value is -2.02. The number of nitrogens with zero attached hydrogens (tertiary/aromatic N) is 4. The van der Waals surface area contributed by atoms with Crippen LogP contribution in [-0.2, 0) is 0 Å². The van der Waals surface area contributed by atoms with Crippen LogP contribution in [0.2, 0.25) is 0 Å². The molecule has 23 heavy (non-hydrogen) atoms. The first-order valence-corrected chi connectivity index (χ1v) is 8.77. The van der Waals surface area contributed by atoms with Gasteiger partial charge in [-0.15, -0.1) is 11.8 Å². The molecule has 0 radical (unpaired) electrons. The zero-order valence-electron chi connectivity index (χ0n) is 13.1. The van der Waals surface area contributed by atoms with Gasteiger partial charge in [0.25, 0.3) is 6.20 Å². The van der Waals surface area contributed by atoms with Crippen molar-refractivity contribution in [2.45, 2.75) is 31.1 Å². The summed E-state index contributed by atoms with van der Waals surface area (Å²) in [7, 11) is 0. The van der Waals surface area contributed by atoms with Gasteiger partial charge in [-0.2, -0.15) is 5.01 Å². The molecule has 2 heterocycles. The Morgan fingerprint density at radius 3 is 2.78 bits per heavy atom. The normalized spacial score (nSPS) is 15.9. The molecule has 3 rings (SSSR count). The van der Waals surface area contributed by atoms with Crippen molar-refractivity contribution in [3.8, 4) is 0 Å². The maximum atomic E-state index is 11.9. The van der Waals surface area contributed by atoms with Crippen molar-refractivity contribution < 1.29 is 14.4 Å². The summed E-state index contributed by atoms with van der Waals surface area (Å²) in [6.07, 6.45) is 5.22. The Morgan fingerprint density at radius 1 is 1.30 bits per heavy atom. The molecule has 0 N–H and O–H groups in total. The highest BCUT2D eigenvalue weighted by molar-refractivity contribution is 8.00. The fraction of sp³-hybridized carbons (Fsp3) is 0.438. The van der Waals surface area contributed by atoms with Crippen molar-refractivity contribution in [1.82, 2.24) is 5.27 Å². The lowest BCUT2D eigenvalue weighted by molar-refractivity contribution is -0.759. The number of piperidine rings is 1. The zero-order valence-corrected chi connectivity index (χ0v) is 14.0. The van der Waals surface area contributed by atoms with E-state index in [1.54, 1.807) is 11.0 Å². The molecule has 6 nitrogen and oxygen atoms in total. The maximum absolute atomic E-state index is 11.9. The summed E-state index contributed by atoms with van der Waals surface area (Å²) in [6.45, 7) is 3.94. The first-order valence-electron chi connectivity index (χ1n) is 7.79. The van der Waals surface area contributed by atoms with E-state index in [9.17, 15) is 5.11 Å². The van der Waals surface area contributed by atoms with Gasteiger partial charge in [-0.25, -0.2) is 4.99 Å². The first kappa shape index (κ1) is 15.9. The number of benzene rings is 1. The predicted octanol–water partition coefficient (Wildman–Crippen LogP) is 1.58. The van der Waals surface area contributed by atoms with Crippen LogP contribution in [0.15, 0.2) is 44.9 Å². The molecule has 0 spiro atoms. The third-order valence-corrected chi connectivity index (χ3v) is 4.68. The van der Waals surface area contributed by atoms with Crippen molar-refractivity contribution in [3.63, 3.8) is 0 Å². The molecule has 0 aliphatic carbocycles. The molecule has 1 aromatic heterocycles. The molecule has 0 amide bonds. The molecule has 122 valence electrons. The number of rotatable bonds is 5. The van der Waals surface area contributed by atoms with E-state index in [-0.39, 0.29) is 17.5 Å². The van der Waals surface area contributed by atoms with Gasteiger partial charge in [0.2, 0.25) is 5.27 Å². The lowest BCUT2D eigenvalue weighted by Crippen LogP contribution is -2.60. The van der Waals surface area contributed by atoms with Crippen LogP contribution >= 0.6 is 11.8 Å². The number of hydrogen-bond donors (Lipinski definition) is 0. The minimum absolute atomic E-state index is 0.225. The van der Waals surface area contributed by atoms with E-state index in [1.165, 1.54) is 23.7 Å². The molecule has 0 atom stereocenters. The van der Waals surface area contributed by atoms with E-state index in [1.807, 2.05) is 31.2 Å². The smallest absolute Gasteiger partial charge is 0.324 e. The summed E-state index contributed by atoms with van der Waals surface area (Å²) < 4.78 is 5.13. The maximum Gasteiger partial charge on any atom is 0.324 e. The zero-order chi connectivity index (χ0) is 16.1. The largest absolute Gasteiger partial charge is 0.861 e. The summed E-state index contributed by atoms with van der Waals surface area (Å²) in [5, 5.41) is 18.0. The molecule has 0 unspecified atom stereocenters. The van der Waals surface area contributed by atoms with Gasteiger partial charge >= 0.3 is 5.88 Å². The second-order valence-electron chi connectivity index (χ2n) is 5.58. The number of hydrogen-bond acceptors (Lipinski definition) is 6. The second kappa shape index (κ2) is 7.50. The van der Waals surface area contributed by atoms with Gasteiger partial charge in [0.05, 0.1) is 17.9 Å². The Balaban J connectivity index is 1.57. The standard InChI is InChI=1S/C16H20N4O2S/c1-13-5-7-14(8-6-13)23-12-15(21)17-16-11-20(18-22-16)19-9-3-2-4-10-19/h5-8,11H,2-4,9-10,12H2,1H3. The Kier molecular flexibility index (Phi) is 5.17. The van der Waals surface area contributed by atoms with E-state index < -0.39 is 0 Å². The SMILES string of the molecule is Cc1ccc(SC/C([O-])=N\c2c[n+](N3CCCCC3)no2)cc1. The number of aliphatic imine (C=N–C) groups is 1. The molecule has 1 saturated heterocycles. The molecule has 7 heteroatoms. The molecule has 2 aromatic rings. The molecule has 1 aliphatic rings. The molecule has 0 saturated carbocycles. The lowest BCUT2D eigenvalue weighted by Gasteiger charge is -2.17. The summed E-state index contributed by atoms with van der Waals surface area (Å²) in [5.41, 5.74) is 1.20. The van der Waals surface area contributed by atoms with Gasteiger partial charge in [0, 0.05) is 10.6 Å². The highest BCUT2D eigenvalue weighted by Gasteiger charge is 2.22. The molecule has 0 bridgehead atoms. The second-order valence-corrected chi connectivity index (χ2v) is 6.63. The quantitative estimate of drug-likeness (QED) is 0.360. The van der Waals surface area contributed by atoms with E-state index >= 15 is 0 Å². The third-order valence-electron chi connectivity index (χ3n) is 3.68. The van der Waals surface area contributed by atoms with Crippen LogP contribution in [0.4, 0.5) is 5.88 Å². The fourth-order valence-electron chi connectivity index (χ4n) is 2.43. The molecule has 1 aromatic carbocycles. The van der Waals surface area contributed by atoms with Gasteiger partial charge in [-0.3, -0.25) is 4.52 Å². The van der Waals surface area contributed by atoms with Crippen LogP contribution < -0.4 is 14.9 Å². The van der Waals surface area contributed by atoms with Crippen LogP contribution in [-0.4, -0.2) is 30.0 Å². The van der Waals surface area contributed by atoms with Gasteiger partial charge in [-0.05, 0) is 44.2 Å². The average Bonchev–Trinajstić information content (AvgIpc) is 3.04. The van der Waals surface area contributed by atoms with Crippen molar-refractivity contribution >= 4 is 23.5 Å². The topological polar surface area (TPSA) is 68.6 Å². The molecule has 1 fully saturated rings. The van der Waals surface area contributed by atoms with Crippen LogP contribution in [0.25, 0.3) is 0 Å². The van der Waals surface area contributed by atoms with E-state index in [4.69, 9.17) is 4.52 Å². The average molecular weight is 332 g/mol. The number of thioether (sulfide) groups is 1. The molecular weight excluding hydrogens is 312 g/mol. The van der Waals surface area contributed by atoms with Gasteiger partial charge in [0.15, 0.2) is 0 Å². The van der Waals surface area contributed by atoms with Gasteiger partial charge < -0.3 is 5.11 Å². The Morgan fingerprint density at radius 2 is 2.04 bits per heavy atom. The van der Waals surface area contributed by atoms with Crippen molar-refractivity contribution in [2.24, 2.45) is 4.99 Å². The highest BCUT2D eigenvalue weighted by Crippen LogP contribution is 2.18. The summed E-state index contributed by atoms with van der Waals surface area (Å²) in [5.74, 6) is 0.315. The van der Waals surface area contributed by atoms with Crippen LogP contribution in [0, 0.1) is 6.92 Å². The van der Waals surface area contributed by atoms with Crippen molar-refractivity contribution in [1.29, 1.82) is 0 Å². The molecular formula is C16H20N4O2S. The summed E-state index contributed by atoms with van der Waals surface area (Å²) in [4.78, 5) is 6.68. The van der Waals surface area contributed by atoms with Crippen LogP contribution in [0.3, 0.4) is 0 Å². The fourth-order valence-corrected chi connectivity index (χ4v) is 3.11. The summed E-state index contributed by atoms with van der Waals surface area (Å²) in [6, 6.07) is 8.07. The lowest BCUT2D eigenvalue weighted by atomic mass is 10.2. The predicted molar refractivity (Wildman–Crippen MR) is 87.5 cm³/mol. The number of aryl methyl sites for hydroxylation is 1. The summed E-state index contributed by atoms with van der Waals surface area (Å²) >= 11 is 1.47.